The highest BCUT2D eigenvalue weighted by Gasteiger charge is 2.07. The number of benzene rings is 1. The smallest absolute Gasteiger partial charge is 0.105 e. The first-order valence-electron chi connectivity index (χ1n) is 5.59. The zero-order chi connectivity index (χ0) is 11.8. The van der Waals surface area contributed by atoms with E-state index in [0.29, 0.717) is 0 Å². The van der Waals surface area contributed by atoms with Gasteiger partial charge in [-0.05, 0) is 31.5 Å². The Morgan fingerprint density at radius 2 is 2.19 bits per heavy atom. The molecule has 1 atom stereocenters. The van der Waals surface area contributed by atoms with E-state index in [0.717, 1.165) is 18.7 Å². The van der Waals surface area contributed by atoms with Crippen LogP contribution in [0.4, 0.5) is 0 Å². The van der Waals surface area contributed by atoms with Gasteiger partial charge in [0, 0.05) is 10.6 Å². The summed E-state index contributed by atoms with van der Waals surface area (Å²) in [5.41, 5.74) is 1.28. The minimum atomic E-state index is -0.0513. The van der Waals surface area contributed by atoms with Crippen LogP contribution in [0.15, 0.2) is 29.2 Å². The van der Waals surface area contributed by atoms with E-state index in [1.807, 2.05) is 12.1 Å². The van der Waals surface area contributed by atoms with Crippen molar-refractivity contribution in [1.29, 1.82) is 5.26 Å². The molecule has 0 spiro atoms. The summed E-state index contributed by atoms with van der Waals surface area (Å²) in [5, 5.41) is 12.2. The molecule has 0 saturated carbocycles. The third-order valence-corrected chi connectivity index (χ3v) is 3.56. The van der Waals surface area contributed by atoms with E-state index < -0.39 is 0 Å². The maximum absolute atomic E-state index is 8.97. The Kier molecular flexibility index (Phi) is 5.99. The van der Waals surface area contributed by atoms with Crippen LogP contribution in [-0.4, -0.2) is 18.3 Å². The second-order valence-electron chi connectivity index (χ2n) is 3.71. The number of aryl methyl sites for hydroxylation is 1. The predicted octanol–water partition coefficient (Wildman–Crippen LogP) is 2.98. The van der Waals surface area contributed by atoms with Gasteiger partial charge in [-0.2, -0.15) is 5.26 Å². The van der Waals surface area contributed by atoms with Gasteiger partial charge in [0.25, 0.3) is 0 Å². The minimum Gasteiger partial charge on any atom is -0.301 e. The number of nitriles is 1. The van der Waals surface area contributed by atoms with Crippen molar-refractivity contribution in [2.45, 2.75) is 31.2 Å². The Balaban J connectivity index is 2.44. The number of rotatable bonds is 6. The first kappa shape index (κ1) is 13.1. The monoisotopic (exact) mass is 234 g/mol. The average molecular weight is 234 g/mol. The van der Waals surface area contributed by atoms with E-state index in [1.54, 1.807) is 11.8 Å². The van der Waals surface area contributed by atoms with Crippen LogP contribution in [0.1, 0.15) is 18.9 Å². The van der Waals surface area contributed by atoms with E-state index in [9.17, 15) is 0 Å². The number of hydrogen-bond acceptors (Lipinski definition) is 3. The fourth-order valence-corrected chi connectivity index (χ4v) is 2.36. The molecule has 0 aliphatic rings. The summed E-state index contributed by atoms with van der Waals surface area (Å²) in [6.45, 7) is 5.12. The predicted molar refractivity (Wildman–Crippen MR) is 69.6 cm³/mol. The minimum absolute atomic E-state index is 0.0513. The lowest BCUT2D eigenvalue weighted by molar-refractivity contribution is 0.637. The molecule has 2 nitrogen and oxygen atoms in total. The first-order chi connectivity index (χ1) is 7.77. The van der Waals surface area contributed by atoms with E-state index >= 15 is 0 Å². The second-order valence-corrected chi connectivity index (χ2v) is 4.77. The van der Waals surface area contributed by atoms with E-state index in [-0.39, 0.29) is 6.04 Å². The van der Waals surface area contributed by atoms with Gasteiger partial charge in [0.1, 0.15) is 6.04 Å². The second kappa shape index (κ2) is 7.32. The van der Waals surface area contributed by atoms with Crippen molar-refractivity contribution in [3.8, 4) is 6.07 Å². The Labute approximate surface area is 102 Å². The Hall–Kier alpha value is -0.980. The Morgan fingerprint density at radius 1 is 1.44 bits per heavy atom. The molecule has 86 valence electrons. The fourth-order valence-electron chi connectivity index (χ4n) is 1.35. The molecule has 1 aromatic carbocycles. The van der Waals surface area contributed by atoms with Crippen molar-refractivity contribution < 1.29 is 0 Å². The molecular weight excluding hydrogens is 216 g/mol. The van der Waals surface area contributed by atoms with Crippen LogP contribution in [0.2, 0.25) is 0 Å². The summed E-state index contributed by atoms with van der Waals surface area (Å²) in [5.74, 6) is 0.807. The van der Waals surface area contributed by atoms with Crippen molar-refractivity contribution in [3.63, 3.8) is 0 Å². The fraction of sp³-hybridized carbons (Fsp3) is 0.462. The number of nitrogens with one attached hydrogen (secondary N) is 1. The van der Waals surface area contributed by atoms with Gasteiger partial charge in [-0.1, -0.05) is 25.1 Å². The summed E-state index contributed by atoms with van der Waals surface area (Å²) >= 11 is 1.75. The third-order valence-electron chi connectivity index (χ3n) is 2.30. The molecule has 1 rings (SSSR count). The quantitative estimate of drug-likeness (QED) is 0.769. The first-order valence-corrected chi connectivity index (χ1v) is 6.58. The Bertz CT molecular complexity index is 357. The van der Waals surface area contributed by atoms with Gasteiger partial charge in [0.2, 0.25) is 0 Å². The summed E-state index contributed by atoms with van der Waals surface area (Å²) in [6, 6.07) is 10.5. The molecule has 1 aromatic rings. The van der Waals surface area contributed by atoms with Crippen LogP contribution in [0.5, 0.6) is 0 Å². The highest BCUT2D eigenvalue weighted by atomic mass is 32.2. The van der Waals surface area contributed by atoms with Crippen molar-refractivity contribution >= 4 is 11.8 Å². The van der Waals surface area contributed by atoms with Gasteiger partial charge in [-0.3, -0.25) is 0 Å². The molecule has 0 fully saturated rings. The van der Waals surface area contributed by atoms with Gasteiger partial charge >= 0.3 is 0 Å². The largest absolute Gasteiger partial charge is 0.301 e. The summed E-state index contributed by atoms with van der Waals surface area (Å²) < 4.78 is 0. The Morgan fingerprint density at radius 3 is 2.81 bits per heavy atom. The lowest BCUT2D eigenvalue weighted by Crippen LogP contribution is -2.30. The van der Waals surface area contributed by atoms with Crippen LogP contribution < -0.4 is 5.32 Å². The van der Waals surface area contributed by atoms with Crippen LogP contribution >= 0.6 is 11.8 Å². The average Bonchev–Trinajstić information content (AvgIpc) is 2.31. The highest BCUT2D eigenvalue weighted by molar-refractivity contribution is 7.99. The molecule has 0 aliphatic heterocycles. The standard InChI is InChI=1S/C13H18N2S/c1-3-8-15-12(9-14)10-16-13-7-5-4-6-11(13)2/h4-7,12,15H,3,8,10H2,1-2H3. The molecule has 0 amide bonds. The van der Waals surface area contributed by atoms with Crippen LogP contribution in [-0.2, 0) is 0 Å². The zero-order valence-corrected chi connectivity index (χ0v) is 10.7. The lowest BCUT2D eigenvalue weighted by atomic mass is 10.2. The van der Waals surface area contributed by atoms with Crippen LogP contribution in [0, 0.1) is 18.3 Å². The van der Waals surface area contributed by atoms with E-state index in [1.165, 1.54) is 10.5 Å². The molecule has 0 saturated heterocycles. The maximum atomic E-state index is 8.97. The van der Waals surface area contributed by atoms with Gasteiger partial charge in [-0.15, -0.1) is 11.8 Å². The molecule has 0 heterocycles. The topological polar surface area (TPSA) is 35.8 Å². The van der Waals surface area contributed by atoms with Crippen LogP contribution in [0.3, 0.4) is 0 Å². The van der Waals surface area contributed by atoms with Crippen molar-refractivity contribution in [1.82, 2.24) is 5.32 Å². The molecule has 3 heteroatoms. The SMILES string of the molecule is CCCNC(C#N)CSc1ccccc1C. The van der Waals surface area contributed by atoms with E-state index in [4.69, 9.17) is 5.26 Å². The van der Waals surface area contributed by atoms with Gasteiger partial charge in [-0.25, -0.2) is 0 Å². The summed E-state index contributed by atoms with van der Waals surface area (Å²) in [4.78, 5) is 1.26. The third kappa shape index (κ3) is 4.26. The molecule has 1 N–H and O–H groups in total. The maximum Gasteiger partial charge on any atom is 0.105 e. The van der Waals surface area contributed by atoms with Gasteiger partial charge in [0.05, 0.1) is 6.07 Å². The normalized spacial score (nSPS) is 12.1. The number of nitrogens with zero attached hydrogens (tertiary/aromatic N) is 1. The number of thioether (sulfide) groups is 1. The summed E-state index contributed by atoms with van der Waals surface area (Å²) in [7, 11) is 0. The molecule has 0 aromatic heterocycles. The molecule has 0 radical (unpaired) electrons. The van der Waals surface area contributed by atoms with E-state index in [2.05, 4.69) is 37.4 Å². The van der Waals surface area contributed by atoms with Crippen LogP contribution in [0.25, 0.3) is 0 Å². The number of hydrogen-bond donors (Lipinski definition) is 1. The van der Waals surface area contributed by atoms with Crippen molar-refractivity contribution in [3.05, 3.63) is 29.8 Å². The molecule has 1 unspecified atom stereocenters. The van der Waals surface area contributed by atoms with Crippen molar-refractivity contribution in [2.75, 3.05) is 12.3 Å². The lowest BCUT2D eigenvalue weighted by Gasteiger charge is -2.11. The van der Waals surface area contributed by atoms with Crippen molar-refractivity contribution in [2.24, 2.45) is 0 Å². The summed E-state index contributed by atoms with van der Waals surface area (Å²) in [6.07, 6.45) is 1.06. The molecular formula is C13H18N2S. The van der Waals surface area contributed by atoms with Gasteiger partial charge in [0.15, 0.2) is 0 Å². The molecule has 0 aliphatic carbocycles. The van der Waals surface area contributed by atoms with Gasteiger partial charge < -0.3 is 5.32 Å². The highest BCUT2D eigenvalue weighted by Crippen LogP contribution is 2.22. The molecule has 0 bridgehead atoms. The zero-order valence-electron chi connectivity index (χ0n) is 9.86. The molecule has 16 heavy (non-hydrogen) atoms.